The molecule has 0 radical (unpaired) electrons. The number of aromatic nitrogens is 1. The number of benzene rings is 2. The minimum absolute atomic E-state index is 0.995. The SMILES string of the molecule is CNC(=O)O.c1ccc2c(c1)[nH]c1ccccc12. The van der Waals surface area contributed by atoms with Gasteiger partial charge >= 0.3 is 6.09 Å². The number of amides is 1. The van der Waals surface area contributed by atoms with Crippen LogP contribution in [0.4, 0.5) is 4.79 Å². The number of carbonyl (C=O) groups is 1. The summed E-state index contributed by atoms with van der Waals surface area (Å²) in [5.74, 6) is 0. The Balaban J connectivity index is 0.000000209. The number of hydrogen-bond donors (Lipinski definition) is 3. The Morgan fingerprint density at radius 2 is 1.39 bits per heavy atom. The lowest BCUT2D eigenvalue weighted by atomic mass is 10.2. The van der Waals surface area contributed by atoms with E-state index in [1.165, 1.54) is 28.9 Å². The Hall–Kier alpha value is -2.49. The maximum Gasteiger partial charge on any atom is 0.404 e. The molecule has 0 fully saturated rings. The van der Waals surface area contributed by atoms with Crippen molar-refractivity contribution in [1.29, 1.82) is 0 Å². The molecule has 2 aromatic carbocycles. The van der Waals surface area contributed by atoms with Crippen molar-refractivity contribution in [3.8, 4) is 0 Å². The third kappa shape index (κ3) is 2.43. The molecule has 3 aromatic rings. The number of fused-ring (bicyclic) bond motifs is 3. The van der Waals surface area contributed by atoms with Gasteiger partial charge in [-0.05, 0) is 12.1 Å². The highest BCUT2D eigenvalue weighted by atomic mass is 16.4. The molecule has 1 heterocycles. The average Bonchev–Trinajstić information content (AvgIpc) is 2.78. The highest BCUT2D eigenvalue weighted by Crippen LogP contribution is 2.24. The van der Waals surface area contributed by atoms with Crippen LogP contribution in [0, 0.1) is 0 Å². The number of hydrogen-bond acceptors (Lipinski definition) is 1. The number of nitrogens with one attached hydrogen (secondary N) is 2. The van der Waals surface area contributed by atoms with Crippen LogP contribution >= 0.6 is 0 Å². The van der Waals surface area contributed by atoms with Crippen molar-refractivity contribution < 1.29 is 9.90 Å². The molecule has 1 amide bonds. The van der Waals surface area contributed by atoms with Crippen molar-refractivity contribution >= 4 is 27.9 Å². The van der Waals surface area contributed by atoms with Gasteiger partial charge in [-0.2, -0.15) is 0 Å². The fourth-order valence-electron chi connectivity index (χ4n) is 1.80. The third-order valence-electron chi connectivity index (χ3n) is 2.63. The van der Waals surface area contributed by atoms with Crippen molar-refractivity contribution in [1.82, 2.24) is 10.3 Å². The van der Waals surface area contributed by atoms with Gasteiger partial charge in [0.05, 0.1) is 0 Å². The van der Waals surface area contributed by atoms with E-state index in [2.05, 4.69) is 53.5 Å². The van der Waals surface area contributed by atoms with Crippen molar-refractivity contribution in [3.05, 3.63) is 48.5 Å². The van der Waals surface area contributed by atoms with Crippen LogP contribution in [0.5, 0.6) is 0 Å². The summed E-state index contributed by atoms with van der Waals surface area (Å²) in [5, 5.41) is 12.2. The van der Waals surface area contributed by atoms with Crippen LogP contribution < -0.4 is 5.32 Å². The maximum atomic E-state index is 9.26. The van der Waals surface area contributed by atoms with E-state index < -0.39 is 6.09 Å². The molecular weight excluding hydrogens is 228 g/mol. The highest BCUT2D eigenvalue weighted by molar-refractivity contribution is 6.06. The van der Waals surface area contributed by atoms with Gasteiger partial charge in [0.25, 0.3) is 0 Å². The molecule has 0 saturated carbocycles. The van der Waals surface area contributed by atoms with E-state index in [1.807, 2.05) is 5.32 Å². The molecule has 0 aliphatic carbocycles. The summed E-state index contributed by atoms with van der Waals surface area (Å²) >= 11 is 0. The van der Waals surface area contributed by atoms with Crippen LogP contribution in [0.2, 0.25) is 0 Å². The van der Waals surface area contributed by atoms with Crippen LogP contribution in [-0.4, -0.2) is 23.2 Å². The lowest BCUT2D eigenvalue weighted by Crippen LogP contribution is -2.13. The van der Waals surface area contributed by atoms with Gasteiger partial charge in [0.15, 0.2) is 0 Å². The minimum atomic E-state index is -0.995. The topological polar surface area (TPSA) is 65.1 Å². The van der Waals surface area contributed by atoms with Gasteiger partial charge in [0.2, 0.25) is 0 Å². The predicted octanol–water partition coefficient (Wildman–Crippen LogP) is 3.20. The van der Waals surface area contributed by atoms with Gasteiger partial charge in [0, 0.05) is 28.9 Å². The van der Waals surface area contributed by atoms with E-state index >= 15 is 0 Å². The molecular formula is C14H14N2O2. The van der Waals surface area contributed by atoms with Crippen LogP contribution in [0.25, 0.3) is 21.8 Å². The van der Waals surface area contributed by atoms with Gasteiger partial charge in [0.1, 0.15) is 0 Å². The lowest BCUT2D eigenvalue weighted by Gasteiger charge is -1.87. The molecule has 0 spiro atoms. The van der Waals surface area contributed by atoms with Gasteiger partial charge in [-0.1, -0.05) is 36.4 Å². The maximum absolute atomic E-state index is 9.26. The van der Waals surface area contributed by atoms with Crippen molar-refractivity contribution in [2.45, 2.75) is 0 Å². The molecule has 92 valence electrons. The summed E-state index contributed by atoms with van der Waals surface area (Å²) in [5.41, 5.74) is 2.42. The summed E-state index contributed by atoms with van der Waals surface area (Å²) in [6.45, 7) is 0. The first kappa shape index (κ1) is 12.0. The second-order valence-corrected chi connectivity index (χ2v) is 3.77. The molecule has 4 heteroatoms. The normalized spacial score (nSPS) is 9.83. The Bertz CT molecular complexity index is 623. The molecule has 3 N–H and O–H groups in total. The van der Waals surface area contributed by atoms with Gasteiger partial charge in [-0.25, -0.2) is 4.79 Å². The number of para-hydroxylation sites is 2. The van der Waals surface area contributed by atoms with Gasteiger partial charge < -0.3 is 15.4 Å². The Morgan fingerprint density at radius 1 is 1.00 bits per heavy atom. The monoisotopic (exact) mass is 242 g/mol. The van der Waals surface area contributed by atoms with Crippen LogP contribution in [-0.2, 0) is 0 Å². The smallest absolute Gasteiger partial charge is 0.404 e. The summed E-state index contributed by atoms with van der Waals surface area (Å²) < 4.78 is 0. The molecule has 0 saturated heterocycles. The zero-order chi connectivity index (χ0) is 13.0. The first-order valence-electron chi connectivity index (χ1n) is 5.58. The molecule has 0 aliphatic heterocycles. The molecule has 0 aliphatic rings. The summed E-state index contributed by atoms with van der Waals surface area (Å²) in [6.07, 6.45) is -0.995. The van der Waals surface area contributed by atoms with Crippen LogP contribution in [0.1, 0.15) is 0 Å². The van der Waals surface area contributed by atoms with E-state index in [1.54, 1.807) is 0 Å². The Labute approximate surface area is 104 Å². The second kappa shape index (κ2) is 5.23. The Morgan fingerprint density at radius 3 is 1.78 bits per heavy atom. The number of H-pyrrole nitrogens is 1. The fraction of sp³-hybridized carbons (Fsp3) is 0.0714. The van der Waals surface area contributed by atoms with Crippen LogP contribution in [0.3, 0.4) is 0 Å². The van der Waals surface area contributed by atoms with Crippen molar-refractivity contribution in [2.24, 2.45) is 0 Å². The largest absolute Gasteiger partial charge is 0.465 e. The van der Waals surface area contributed by atoms with Gasteiger partial charge in [-0.3, -0.25) is 0 Å². The molecule has 1 aromatic heterocycles. The number of rotatable bonds is 0. The first-order valence-corrected chi connectivity index (χ1v) is 5.58. The van der Waals surface area contributed by atoms with E-state index in [4.69, 9.17) is 5.11 Å². The molecule has 0 unspecified atom stereocenters. The van der Waals surface area contributed by atoms with Gasteiger partial charge in [-0.15, -0.1) is 0 Å². The third-order valence-corrected chi connectivity index (χ3v) is 2.63. The van der Waals surface area contributed by atoms with E-state index in [0.717, 1.165) is 0 Å². The summed E-state index contributed by atoms with van der Waals surface area (Å²) in [7, 11) is 1.35. The predicted molar refractivity (Wildman–Crippen MR) is 72.9 cm³/mol. The standard InChI is InChI=1S/C12H9N.C2H5NO2/c1-3-7-11-9(5-1)10-6-2-4-8-12(10)13-11;1-3-2(4)5/h1-8,13H;3H,1H3,(H,4,5). The zero-order valence-electron chi connectivity index (χ0n) is 9.97. The van der Waals surface area contributed by atoms with E-state index in [9.17, 15) is 4.79 Å². The molecule has 0 bridgehead atoms. The van der Waals surface area contributed by atoms with Crippen LogP contribution in [0.15, 0.2) is 48.5 Å². The fourth-order valence-corrected chi connectivity index (χ4v) is 1.80. The lowest BCUT2D eigenvalue weighted by molar-refractivity contribution is 0.197. The van der Waals surface area contributed by atoms with Crippen molar-refractivity contribution in [3.63, 3.8) is 0 Å². The number of carboxylic acid groups (broad SMARTS) is 1. The number of aromatic amines is 1. The molecule has 0 atom stereocenters. The quantitative estimate of drug-likeness (QED) is 0.566. The Kier molecular flexibility index (Phi) is 3.48. The minimum Gasteiger partial charge on any atom is -0.465 e. The van der Waals surface area contributed by atoms with E-state index in [-0.39, 0.29) is 0 Å². The zero-order valence-corrected chi connectivity index (χ0v) is 9.97. The molecule has 18 heavy (non-hydrogen) atoms. The summed E-state index contributed by atoms with van der Waals surface area (Å²) in [6, 6.07) is 16.8. The summed E-state index contributed by atoms with van der Waals surface area (Å²) in [4.78, 5) is 12.6. The first-order chi connectivity index (χ1) is 8.72. The molecule has 4 nitrogen and oxygen atoms in total. The van der Waals surface area contributed by atoms with Crippen molar-refractivity contribution in [2.75, 3.05) is 7.05 Å². The second-order valence-electron chi connectivity index (χ2n) is 3.77. The van der Waals surface area contributed by atoms with E-state index in [0.29, 0.717) is 0 Å². The molecule has 3 rings (SSSR count). The highest BCUT2D eigenvalue weighted by Gasteiger charge is 2.00. The average molecular weight is 242 g/mol.